The van der Waals surface area contributed by atoms with E-state index in [0.717, 1.165) is 19.3 Å². The van der Waals surface area contributed by atoms with Gasteiger partial charge in [-0.25, -0.2) is 18.1 Å². The molecule has 31 heavy (non-hydrogen) atoms. The molecular formula is C21H30BrN5O3S. The number of rotatable bonds is 10. The standard InChI is InChI=1S/C21H30BrN5O3S/c1-2-16(14-28)25-20-19(22)13-23-21(27-20)26-17-8-10-18(11-9-17)31(29,30)24-12-15-6-4-3-5-7-15/h8-11,13,15-16,24,28H,2-7,12,14H2,1H3,(H2,23,25,26,27)/t16-/m1/s1. The Hall–Kier alpha value is -1.75. The lowest BCUT2D eigenvalue weighted by molar-refractivity contribution is 0.271. The first kappa shape index (κ1) is 23.9. The SMILES string of the molecule is CC[C@H](CO)Nc1nc(Nc2ccc(S(=O)(=O)NCC3CCCCC3)cc2)ncc1Br. The molecule has 0 spiro atoms. The van der Waals surface area contributed by atoms with Gasteiger partial charge in [0.05, 0.1) is 22.0 Å². The molecule has 1 aliphatic carbocycles. The van der Waals surface area contributed by atoms with E-state index in [9.17, 15) is 13.5 Å². The number of halogens is 1. The number of aromatic nitrogens is 2. The summed E-state index contributed by atoms with van der Waals surface area (Å²) < 4.78 is 28.6. The highest BCUT2D eigenvalue weighted by Crippen LogP contribution is 2.25. The van der Waals surface area contributed by atoms with Gasteiger partial charge in [0.15, 0.2) is 0 Å². The van der Waals surface area contributed by atoms with Crippen LogP contribution in [0.15, 0.2) is 39.8 Å². The van der Waals surface area contributed by atoms with Crippen LogP contribution in [0.4, 0.5) is 17.5 Å². The molecule has 0 aliphatic heterocycles. The lowest BCUT2D eigenvalue weighted by Gasteiger charge is -2.21. The molecule has 1 aromatic heterocycles. The van der Waals surface area contributed by atoms with Gasteiger partial charge in [-0.1, -0.05) is 26.2 Å². The Bertz CT molecular complexity index is 946. The lowest BCUT2D eigenvalue weighted by atomic mass is 9.90. The molecule has 1 heterocycles. The molecule has 8 nitrogen and oxygen atoms in total. The summed E-state index contributed by atoms with van der Waals surface area (Å²) in [6, 6.07) is 6.42. The number of aliphatic hydroxyl groups is 1. The summed E-state index contributed by atoms with van der Waals surface area (Å²) in [6.45, 7) is 2.47. The first-order valence-electron chi connectivity index (χ1n) is 10.7. The normalized spacial score (nSPS) is 16.1. The van der Waals surface area contributed by atoms with Crippen LogP contribution in [-0.2, 0) is 10.0 Å². The van der Waals surface area contributed by atoms with Crippen molar-refractivity contribution in [2.24, 2.45) is 5.92 Å². The number of nitrogens with zero attached hydrogens (tertiary/aromatic N) is 2. The summed E-state index contributed by atoms with van der Waals surface area (Å²) in [5.74, 6) is 1.37. The Balaban J connectivity index is 1.63. The van der Waals surface area contributed by atoms with Gasteiger partial charge in [0.25, 0.3) is 0 Å². The number of nitrogens with one attached hydrogen (secondary N) is 3. The number of benzene rings is 1. The van der Waals surface area contributed by atoms with Gasteiger partial charge >= 0.3 is 0 Å². The van der Waals surface area contributed by atoms with Crippen molar-refractivity contribution in [2.75, 3.05) is 23.8 Å². The third-order valence-electron chi connectivity index (χ3n) is 5.51. The number of sulfonamides is 1. The van der Waals surface area contributed by atoms with Crippen molar-refractivity contribution in [2.45, 2.75) is 56.4 Å². The fraction of sp³-hybridized carbons (Fsp3) is 0.524. The van der Waals surface area contributed by atoms with Gasteiger partial charge in [-0.05, 0) is 65.4 Å². The quantitative estimate of drug-likeness (QED) is 0.380. The van der Waals surface area contributed by atoms with E-state index in [-0.39, 0.29) is 17.5 Å². The second-order valence-corrected chi connectivity index (χ2v) is 10.4. The van der Waals surface area contributed by atoms with Crippen LogP contribution >= 0.6 is 15.9 Å². The fourth-order valence-corrected chi connectivity index (χ4v) is 4.97. The molecule has 1 aromatic carbocycles. The van der Waals surface area contributed by atoms with Crippen LogP contribution in [0.25, 0.3) is 0 Å². The zero-order valence-corrected chi connectivity index (χ0v) is 20.0. The summed E-state index contributed by atoms with van der Waals surface area (Å²) in [7, 11) is -3.53. The highest BCUT2D eigenvalue weighted by Gasteiger charge is 2.19. The van der Waals surface area contributed by atoms with Crippen molar-refractivity contribution >= 4 is 43.4 Å². The molecular weight excluding hydrogens is 482 g/mol. The third-order valence-corrected chi connectivity index (χ3v) is 7.53. The Labute approximate surface area is 192 Å². The van der Waals surface area contributed by atoms with Gasteiger partial charge in [-0.15, -0.1) is 0 Å². The minimum atomic E-state index is -3.53. The zero-order chi connectivity index (χ0) is 22.3. The van der Waals surface area contributed by atoms with Crippen molar-refractivity contribution in [1.29, 1.82) is 0 Å². The fourth-order valence-electron chi connectivity index (χ4n) is 3.55. The number of aliphatic hydroxyl groups excluding tert-OH is 1. The van der Waals surface area contributed by atoms with Crippen molar-refractivity contribution in [1.82, 2.24) is 14.7 Å². The average molecular weight is 512 g/mol. The summed E-state index contributed by atoms with van der Waals surface area (Å²) in [5.41, 5.74) is 0.675. The van der Waals surface area contributed by atoms with Gasteiger partial charge < -0.3 is 15.7 Å². The molecule has 1 fully saturated rings. The van der Waals surface area contributed by atoms with Gasteiger partial charge in [0.1, 0.15) is 5.82 Å². The molecule has 0 unspecified atom stereocenters. The lowest BCUT2D eigenvalue weighted by Crippen LogP contribution is -2.30. The van der Waals surface area contributed by atoms with E-state index < -0.39 is 10.0 Å². The first-order valence-corrected chi connectivity index (χ1v) is 13.0. The average Bonchev–Trinajstić information content (AvgIpc) is 2.79. The first-order chi connectivity index (χ1) is 14.9. The molecule has 0 saturated heterocycles. The number of anilines is 3. The maximum atomic E-state index is 12.6. The zero-order valence-electron chi connectivity index (χ0n) is 17.6. The molecule has 4 N–H and O–H groups in total. The predicted molar refractivity (Wildman–Crippen MR) is 126 cm³/mol. The minimum Gasteiger partial charge on any atom is -0.394 e. The van der Waals surface area contributed by atoms with Crippen molar-refractivity contribution < 1.29 is 13.5 Å². The summed E-state index contributed by atoms with van der Waals surface area (Å²) in [6.07, 6.45) is 8.16. The summed E-state index contributed by atoms with van der Waals surface area (Å²) >= 11 is 3.41. The maximum absolute atomic E-state index is 12.6. The van der Waals surface area contributed by atoms with E-state index in [4.69, 9.17) is 0 Å². The van der Waals surface area contributed by atoms with Crippen LogP contribution in [0.1, 0.15) is 45.4 Å². The Morgan fingerprint density at radius 1 is 1.19 bits per heavy atom. The van der Waals surface area contributed by atoms with E-state index in [0.29, 0.717) is 34.4 Å². The molecule has 1 aliphatic rings. The van der Waals surface area contributed by atoms with Crippen LogP contribution in [0.2, 0.25) is 0 Å². The highest BCUT2D eigenvalue weighted by atomic mass is 79.9. The molecule has 10 heteroatoms. The van der Waals surface area contributed by atoms with Gasteiger partial charge in [0.2, 0.25) is 16.0 Å². The van der Waals surface area contributed by atoms with E-state index in [1.165, 1.54) is 19.3 Å². The van der Waals surface area contributed by atoms with E-state index in [2.05, 4.69) is 41.3 Å². The smallest absolute Gasteiger partial charge is 0.240 e. The number of hydrogen-bond donors (Lipinski definition) is 4. The molecule has 0 amide bonds. The largest absolute Gasteiger partial charge is 0.394 e. The summed E-state index contributed by atoms with van der Waals surface area (Å²) in [5, 5.41) is 15.6. The van der Waals surface area contributed by atoms with Gasteiger partial charge in [-0.2, -0.15) is 4.98 Å². The molecule has 0 radical (unpaired) electrons. The van der Waals surface area contributed by atoms with Crippen LogP contribution in [0.5, 0.6) is 0 Å². The topological polar surface area (TPSA) is 116 Å². The summed E-state index contributed by atoms with van der Waals surface area (Å²) in [4.78, 5) is 8.91. The Morgan fingerprint density at radius 2 is 1.90 bits per heavy atom. The van der Waals surface area contributed by atoms with Crippen LogP contribution < -0.4 is 15.4 Å². The minimum absolute atomic E-state index is 0.000420. The van der Waals surface area contributed by atoms with Gasteiger partial charge in [-0.3, -0.25) is 0 Å². The maximum Gasteiger partial charge on any atom is 0.240 e. The van der Waals surface area contributed by atoms with Crippen molar-refractivity contribution in [3.05, 3.63) is 34.9 Å². The van der Waals surface area contributed by atoms with Crippen molar-refractivity contribution in [3.63, 3.8) is 0 Å². The molecule has 3 rings (SSSR count). The molecule has 0 bridgehead atoms. The van der Waals surface area contributed by atoms with E-state index in [1.54, 1.807) is 30.5 Å². The second kappa shape index (κ2) is 11.2. The molecule has 2 aromatic rings. The monoisotopic (exact) mass is 511 g/mol. The van der Waals surface area contributed by atoms with E-state index in [1.807, 2.05) is 6.92 Å². The molecule has 1 saturated carbocycles. The number of hydrogen-bond acceptors (Lipinski definition) is 7. The Morgan fingerprint density at radius 3 is 2.55 bits per heavy atom. The van der Waals surface area contributed by atoms with E-state index >= 15 is 0 Å². The predicted octanol–water partition coefficient (Wildman–Crippen LogP) is 4.02. The molecule has 1 atom stereocenters. The molecule has 170 valence electrons. The highest BCUT2D eigenvalue weighted by molar-refractivity contribution is 9.10. The third kappa shape index (κ3) is 6.86. The van der Waals surface area contributed by atoms with Crippen molar-refractivity contribution in [3.8, 4) is 0 Å². The van der Waals surface area contributed by atoms with Gasteiger partial charge in [0, 0.05) is 18.4 Å². The van der Waals surface area contributed by atoms with Crippen LogP contribution in [-0.4, -0.2) is 42.7 Å². The van der Waals surface area contributed by atoms with Crippen LogP contribution in [0.3, 0.4) is 0 Å². The second-order valence-electron chi connectivity index (χ2n) is 7.83. The Kier molecular flexibility index (Phi) is 8.65. The van der Waals surface area contributed by atoms with Crippen LogP contribution in [0, 0.1) is 5.92 Å².